The summed E-state index contributed by atoms with van der Waals surface area (Å²) in [7, 11) is 0. The molecule has 0 amide bonds. The summed E-state index contributed by atoms with van der Waals surface area (Å²) in [6.07, 6.45) is 0. The Kier molecular flexibility index (Phi) is 6.42. The van der Waals surface area contributed by atoms with Crippen molar-refractivity contribution < 1.29 is 8.83 Å². The molecule has 0 N–H and O–H groups in total. The molecule has 0 aliphatic carbocycles. The second-order valence-electron chi connectivity index (χ2n) is 13.2. The van der Waals surface area contributed by atoms with E-state index < -0.39 is 0 Å². The van der Waals surface area contributed by atoms with E-state index in [2.05, 4.69) is 169 Å². The highest BCUT2D eigenvalue weighted by Crippen LogP contribution is 2.48. The SMILES string of the molecule is c1ccc(-c2cccc3c2oc2c(N(c4ccc(-c5ccc6oc7ccccc7c6c5)cc4)c4cccc5c4sc4ccccc45)cccc23)cc1. The van der Waals surface area contributed by atoms with E-state index >= 15 is 0 Å². The summed E-state index contributed by atoms with van der Waals surface area (Å²) in [5.74, 6) is 0. The first kappa shape index (κ1) is 29.1. The van der Waals surface area contributed by atoms with Gasteiger partial charge in [0.25, 0.3) is 0 Å². The van der Waals surface area contributed by atoms with Crippen molar-refractivity contribution in [3.05, 3.63) is 176 Å². The molecule has 3 heterocycles. The number of anilines is 3. The molecule has 0 unspecified atom stereocenters. The lowest BCUT2D eigenvalue weighted by molar-refractivity contribution is 0.669. The minimum Gasteiger partial charge on any atom is -0.456 e. The molecule has 0 fully saturated rings. The molecule has 244 valence electrons. The molecule has 3 nitrogen and oxygen atoms in total. The third-order valence-corrected chi connectivity index (χ3v) is 11.5. The zero-order chi connectivity index (χ0) is 34.2. The van der Waals surface area contributed by atoms with Crippen LogP contribution in [0.1, 0.15) is 0 Å². The third kappa shape index (κ3) is 4.45. The van der Waals surface area contributed by atoms with Gasteiger partial charge in [-0.2, -0.15) is 0 Å². The third-order valence-electron chi connectivity index (χ3n) is 10.3. The average molecular weight is 684 g/mol. The molecule has 11 aromatic rings. The lowest BCUT2D eigenvalue weighted by Gasteiger charge is -2.26. The molecule has 0 saturated carbocycles. The van der Waals surface area contributed by atoms with Crippen LogP contribution in [0.15, 0.2) is 185 Å². The van der Waals surface area contributed by atoms with Crippen LogP contribution in [0, 0.1) is 0 Å². The van der Waals surface area contributed by atoms with Gasteiger partial charge in [-0.05, 0) is 65.2 Å². The van der Waals surface area contributed by atoms with Gasteiger partial charge >= 0.3 is 0 Å². The zero-order valence-corrected chi connectivity index (χ0v) is 28.7. The van der Waals surface area contributed by atoms with E-state index in [1.54, 1.807) is 0 Å². The number of hydrogen-bond acceptors (Lipinski definition) is 4. The molecule has 3 aromatic heterocycles. The molecule has 0 bridgehead atoms. The number of fused-ring (bicyclic) bond motifs is 9. The number of thiophene rings is 1. The largest absolute Gasteiger partial charge is 0.456 e. The molecular formula is C48H29NO2S. The molecule has 0 spiro atoms. The van der Waals surface area contributed by atoms with Crippen molar-refractivity contribution in [2.24, 2.45) is 0 Å². The van der Waals surface area contributed by atoms with E-state index in [9.17, 15) is 0 Å². The first-order valence-corrected chi connectivity index (χ1v) is 18.3. The fourth-order valence-electron chi connectivity index (χ4n) is 7.85. The Bertz CT molecular complexity index is 3130. The van der Waals surface area contributed by atoms with Gasteiger partial charge < -0.3 is 13.7 Å². The minimum absolute atomic E-state index is 0.861. The molecule has 0 saturated heterocycles. The molecule has 0 atom stereocenters. The van der Waals surface area contributed by atoms with Crippen LogP contribution in [0.25, 0.3) is 86.3 Å². The van der Waals surface area contributed by atoms with E-state index in [0.717, 1.165) is 83.2 Å². The van der Waals surface area contributed by atoms with Crippen LogP contribution in [-0.4, -0.2) is 0 Å². The summed E-state index contributed by atoms with van der Waals surface area (Å²) in [6.45, 7) is 0. The van der Waals surface area contributed by atoms with Crippen molar-refractivity contribution in [3.8, 4) is 22.3 Å². The number of nitrogens with zero attached hydrogens (tertiary/aromatic N) is 1. The fourth-order valence-corrected chi connectivity index (χ4v) is 9.06. The number of hydrogen-bond donors (Lipinski definition) is 0. The number of benzene rings is 8. The Morgan fingerprint density at radius 2 is 1.04 bits per heavy atom. The molecular weight excluding hydrogens is 655 g/mol. The molecule has 4 heteroatoms. The van der Waals surface area contributed by atoms with Crippen molar-refractivity contribution in [2.45, 2.75) is 0 Å². The van der Waals surface area contributed by atoms with Crippen LogP contribution < -0.4 is 4.90 Å². The van der Waals surface area contributed by atoms with Gasteiger partial charge in [0.05, 0.1) is 16.1 Å². The van der Waals surface area contributed by atoms with E-state index in [1.165, 1.54) is 20.2 Å². The van der Waals surface area contributed by atoms with Gasteiger partial charge in [0, 0.05) is 48.3 Å². The second-order valence-corrected chi connectivity index (χ2v) is 14.3. The lowest BCUT2D eigenvalue weighted by Crippen LogP contribution is -2.10. The summed E-state index contributed by atoms with van der Waals surface area (Å²) in [5, 5.41) is 6.99. The summed E-state index contributed by atoms with van der Waals surface area (Å²) in [6, 6.07) is 62.4. The van der Waals surface area contributed by atoms with E-state index in [0.29, 0.717) is 0 Å². The van der Waals surface area contributed by atoms with Crippen LogP contribution in [0.5, 0.6) is 0 Å². The Balaban J connectivity index is 1.12. The van der Waals surface area contributed by atoms with E-state index in [-0.39, 0.29) is 0 Å². The maximum absolute atomic E-state index is 6.98. The summed E-state index contributed by atoms with van der Waals surface area (Å²) in [4.78, 5) is 2.38. The van der Waals surface area contributed by atoms with Gasteiger partial charge in [0.15, 0.2) is 5.58 Å². The lowest BCUT2D eigenvalue weighted by atomic mass is 10.0. The first-order valence-electron chi connectivity index (χ1n) is 17.5. The Hall–Kier alpha value is -6.62. The monoisotopic (exact) mass is 683 g/mol. The van der Waals surface area contributed by atoms with Gasteiger partial charge in [-0.25, -0.2) is 0 Å². The van der Waals surface area contributed by atoms with Crippen molar-refractivity contribution in [1.29, 1.82) is 0 Å². The van der Waals surface area contributed by atoms with E-state index in [4.69, 9.17) is 8.83 Å². The molecule has 8 aromatic carbocycles. The Morgan fingerprint density at radius 3 is 1.90 bits per heavy atom. The maximum atomic E-state index is 6.98. The normalized spacial score (nSPS) is 11.8. The molecule has 0 aliphatic heterocycles. The predicted molar refractivity (Wildman–Crippen MR) is 219 cm³/mol. The maximum Gasteiger partial charge on any atom is 0.159 e. The summed E-state index contributed by atoms with van der Waals surface area (Å²) in [5.41, 5.74) is 11.3. The van der Waals surface area contributed by atoms with Crippen LogP contribution in [-0.2, 0) is 0 Å². The van der Waals surface area contributed by atoms with Crippen molar-refractivity contribution in [1.82, 2.24) is 0 Å². The molecule has 11 rings (SSSR count). The molecule has 0 radical (unpaired) electrons. The van der Waals surface area contributed by atoms with Crippen LogP contribution in [0.3, 0.4) is 0 Å². The summed E-state index contributed by atoms with van der Waals surface area (Å²) < 4.78 is 15.6. The van der Waals surface area contributed by atoms with Gasteiger partial charge in [-0.1, -0.05) is 127 Å². The van der Waals surface area contributed by atoms with Gasteiger partial charge in [-0.3, -0.25) is 0 Å². The number of para-hydroxylation sites is 3. The Morgan fingerprint density at radius 1 is 0.385 bits per heavy atom. The highest BCUT2D eigenvalue weighted by Gasteiger charge is 2.23. The zero-order valence-electron chi connectivity index (χ0n) is 27.9. The quantitative estimate of drug-likeness (QED) is 0.181. The van der Waals surface area contributed by atoms with Gasteiger partial charge in [-0.15, -0.1) is 11.3 Å². The Labute approximate surface area is 303 Å². The van der Waals surface area contributed by atoms with Crippen LogP contribution in [0.4, 0.5) is 17.1 Å². The molecule has 52 heavy (non-hydrogen) atoms. The minimum atomic E-state index is 0.861. The van der Waals surface area contributed by atoms with Gasteiger partial charge in [0.1, 0.15) is 16.7 Å². The number of rotatable bonds is 5. The smallest absolute Gasteiger partial charge is 0.159 e. The van der Waals surface area contributed by atoms with Crippen LogP contribution >= 0.6 is 11.3 Å². The average Bonchev–Trinajstić information content (AvgIpc) is 3.90. The van der Waals surface area contributed by atoms with Crippen molar-refractivity contribution in [2.75, 3.05) is 4.90 Å². The van der Waals surface area contributed by atoms with Crippen LogP contribution in [0.2, 0.25) is 0 Å². The molecule has 0 aliphatic rings. The fraction of sp³-hybridized carbons (Fsp3) is 0. The predicted octanol–water partition coefficient (Wildman–Crippen LogP) is 14.7. The van der Waals surface area contributed by atoms with Crippen molar-refractivity contribution >= 4 is 92.4 Å². The topological polar surface area (TPSA) is 29.5 Å². The highest BCUT2D eigenvalue weighted by molar-refractivity contribution is 7.26. The van der Waals surface area contributed by atoms with E-state index in [1.807, 2.05) is 23.5 Å². The standard InChI is InChI=1S/C48H29NO2S/c1-2-11-31(12-3-1)34-15-8-16-37-38-17-9-19-41(47(38)51-46(34)37)49(42-20-10-18-39-36-14-5-7-22-45(36)52-48(39)42)33-26-23-30(24-27-33)32-25-28-44-40(29-32)35-13-4-6-21-43(35)50-44/h1-29H. The summed E-state index contributed by atoms with van der Waals surface area (Å²) >= 11 is 1.84. The number of furan rings is 2. The first-order chi connectivity index (χ1) is 25.8. The van der Waals surface area contributed by atoms with Crippen molar-refractivity contribution in [3.63, 3.8) is 0 Å². The van der Waals surface area contributed by atoms with Gasteiger partial charge in [0.2, 0.25) is 0 Å². The second kappa shape index (κ2) is 11.5. The highest BCUT2D eigenvalue weighted by atomic mass is 32.1.